The van der Waals surface area contributed by atoms with Gasteiger partial charge in [0.15, 0.2) is 11.6 Å². The summed E-state index contributed by atoms with van der Waals surface area (Å²) >= 11 is 1.89. The van der Waals surface area contributed by atoms with Crippen molar-refractivity contribution in [2.24, 2.45) is 23.5 Å². The van der Waals surface area contributed by atoms with Gasteiger partial charge in [0.1, 0.15) is 5.75 Å². The van der Waals surface area contributed by atoms with Crippen molar-refractivity contribution in [1.82, 2.24) is 14.9 Å². The van der Waals surface area contributed by atoms with Crippen LogP contribution in [0.5, 0.6) is 5.75 Å². The Morgan fingerprint density at radius 3 is 2.92 bits per heavy atom. The lowest BCUT2D eigenvalue weighted by Gasteiger charge is -2.35. The fourth-order valence-electron chi connectivity index (χ4n) is 6.66. The zero-order chi connectivity index (χ0) is 24.8. The highest BCUT2D eigenvalue weighted by Crippen LogP contribution is 2.53. The number of nitrogens with one attached hydrogen (secondary N) is 2. The average molecular weight is 513 g/mol. The van der Waals surface area contributed by atoms with Crippen molar-refractivity contribution in [3.63, 3.8) is 0 Å². The third-order valence-corrected chi connectivity index (χ3v) is 9.79. The number of piperidine rings is 1. The molecule has 0 unspecified atom stereocenters. The Hall–Kier alpha value is -2.59. The predicted octanol–water partition coefficient (Wildman–Crippen LogP) is 3.58. The summed E-state index contributed by atoms with van der Waals surface area (Å²) in [5, 5.41) is 6.85. The van der Waals surface area contributed by atoms with Gasteiger partial charge in [-0.3, -0.25) is 4.79 Å². The van der Waals surface area contributed by atoms with Gasteiger partial charge in [-0.05, 0) is 75.2 Å². The molecule has 2 saturated carbocycles. The number of carbonyl (C=O) groups excluding carboxylic acids is 1. The van der Waals surface area contributed by atoms with Gasteiger partial charge in [0.05, 0.1) is 18.7 Å². The van der Waals surface area contributed by atoms with Crippen LogP contribution in [0.25, 0.3) is 0 Å². The molecule has 1 saturated heterocycles. The molecule has 8 nitrogen and oxygen atoms in total. The number of carbonyl (C=O) groups is 1. The zero-order valence-corrected chi connectivity index (χ0v) is 21.3. The maximum absolute atomic E-state index is 14.8. The number of hydrogen-bond donors (Lipinski definition) is 3. The number of rotatable bonds is 2. The van der Waals surface area contributed by atoms with Crippen molar-refractivity contribution in [2.45, 2.75) is 42.9 Å². The molecule has 4 aliphatic rings. The van der Waals surface area contributed by atoms with E-state index in [0.29, 0.717) is 17.8 Å². The number of thioether (sulfide) groups is 1. The normalized spacial score (nSPS) is 30.4. The molecule has 6 rings (SSSR count). The lowest BCUT2D eigenvalue weighted by Crippen LogP contribution is -2.46. The Morgan fingerprint density at radius 1 is 1.28 bits per heavy atom. The first-order chi connectivity index (χ1) is 17.5. The van der Waals surface area contributed by atoms with Gasteiger partial charge in [-0.2, -0.15) is 16.7 Å². The summed E-state index contributed by atoms with van der Waals surface area (Å²) in [5.74, 6) is 1.87. The summed E-state index contributed by atoms with van der Waals surface area (Å²) in [6.07, 6.45) is 5.26. The van der Waals surface area contributed by atoms with E-state index in [1.807, 2.05) is 23.9 Å². The van der Waals surface area contributed by atoms with E-state index < -0.39 is 5.82 Å². The number of primary amides is 1. The second-order valence-corrected chi connectivity index (χ2v) is 11.9. The number of aromatic nitrogens is 2. The number of benzene rings is 1. The summed E-state index contributed by atoms with van der Waals surface area (Å²) in [6, 6.07) is 5.92. The van der Waals surface area contributed by atoms with E-state index in [1.165, 1.54) is 11.8 Å². The highest BCUT2D eigenvalue weighted by molar-refractivity contribution is 7.99. The van der Waals surface area contributed by atoms with Gasteiger partial charge >= 0.3 is 0 Å². The molecule has 5 atom stereocenters. The third kappa shape index (κ3) is 4.49. The fraction of sp³-hybridized carbons (Fsp3) is 0.577. The molecule has 10 heteroatoms. The van der Waals surface area contributed by atoms with Gasteiger partial charge in [-0.1, -0.05) is 6.07 Å². The lowest BCUT2D eigenvalue weighted by molar-refractivity contribution is -0.123. The van der Waals surface area contributed by atoms with E-state index in [-0.39, 0.29) is 41.5 Å². The van der Waals surface area contributed by atoms with Crippen molar-refractivity contribution < 1.29 is 13.9 Å². The topological polar surface area (TPSA) is 105 Å². The van der Waals surface area contributed by atoms with Crippen LogP contribution in [0.15, 0.2) is 24.4 Å². The van der Waals surface area contributed by atoms with Crippen molar-refractivity contribution in [2.75, 3.05) is 43.1 Å². The third-order valence-electron chi connectivity index (χ3n) is 8.42. The number of amides is 1. The smallest absolute Gasteiger partial charge is 0.229 e. The number of halogens is 1. The maximum atomic E-state index is 14.8. The minimum Gasteiger partial charge on any atom is -0.492 e. The molecule has 2 aliphatic heterocycles. The number of likely N-dealkylation sites (tertiary alicyclic amines) is 1. The monoisotopic (exact) mass is 512 g/mol. The average Bonchev–Trinajstić information content (AvgIpc) is 3.42. The maximum Gasteiger partial charge on any atom is 0.229 e. The molecule has 1 aromatic carbocycles. The van der Waals surface area contributed by atoms with Crippen LogP contribution in [0.4, 0.5) is 21.8 Å². The molecule has 1 amide bonds. The number of fused-ring (bicyclic) bond motifs is 5. The highest BCUT2D eigenvalue weighted by Gasteiger charge is 2.55. The summed E-state index contributed by atoms with van der Waals surface area (Å²) < 4.78 is 21.2. The SMILES string of the molecule is CN1CCC(c2ccc3cc2OCCS[C@@H]2C[C@H]4C[C@H]2[C@@H](Nc2nc(ncc2F)N3)[C@H]4C(N)=O)CC1. The van der Waals surface area contributed by atoms with Crippen LogP contribution in [-0.2, 0) is 4.79 Å². The Bertz CT molecular complexity index is 1140. The summed E-state index contributed by atoms with van der Waals surface area (Å²) in [5.41, 5.74) is 7.83. The first-order valence-electron chi connectivity index (χ1n) is 12.9. The molecule has 3 fully saturated rings. The van der Waals surface area contributed by atoms with Gasteiger partial charge in [0.2, 0.25) is 11.9 Å². The highest BCUT2D eigenvalue weighted by atomic mass is 32.2. The number of hydrogen-bond acceptors (Lipinski definition) is 8. The first kappa shape index (κ1) is 23.8. The van der Waals surface area contributed by atoms with Gasteiger partial charge in [0, 0.05) is 28.8 Å². The van der Waals surface area contributed by atoms with Crippen molar-refractivity contribution in [3.8, 4) is 5.75 Å². The van der Waals surface area contributed by atoms with Crippen LogP contribution in [-0.4, -0.2) is 64.6 Å². The van der Waals surface area contributed by atoms with E-state index in [0.717, 1.165) is 56.0 Å². The summed E-state index contributed by atoms with van der Waals surface area (Å²) in [6.45, 7) is 2.77. The number of nitrogens with two attached hydrogens (primary N) is 1. The standard InChI is InChI=1S/C26H33FN6O2S/c1-33-6-4-14(5-7-33)17-3-2-16-12-20(17)35-8-9-36-21-11-15-10-18(21)23(22(15)24(28)34)31-25-19(27)13-29-26(30-16)32-25/h2-3,12-15,18,21-23H,4-11H2,1H3,(H2,28,34)(H2,29,30,31,32)/t15-,18-,21-,22+,23-/m1/s1. The van der Waals surface area contributed by atoms with Crippen LogP contribution in [0.2, 0.25) is 0 Å². The quantitative estimate of drug-likeness (QED) is 0.561. The molecular formula is C26H33FN6O2S. The second kappa shape index (κ2) is 9.70. The summed E-state index contributed by atoms with van der Waals surface area (Å²) in [7, 11) is 2.17. The van der Waals surface area contributed by atoms with Crippen LogP contribution in [0.1, 0.15) is 37.2 Å². The zero-order valence-electron chi connectivity index (χ0n) is 20.5. The van der Waals surface area contributed by atoms with Gasteiger partial charge < -0.3 is 26.0 Å². The number of nitrogens with zero attached hydrogens (tertiary/aromatic N) is 3. The largest absolute Gasteiger partial charge is 0.492 e. The molecule has 1 aromatic heterocycles. The Balaban J connectivity index is 1.32. The molecule has 192 valence electrons. The van der Waals surface area contributed by atoms with Crippen LogP contribution < -0.4 is 21.1 Å². The Morgan fingerprint density at radius 2 is 2.11 bits per heavy atom. The molecule has 0 radical (unpaired) electrons. The lowest BCUT2D eigenvalue weighted by atomic mass is 9.83. The minimum absolute atomic E-state index is 0.106. The number of ether oxygens (including phenoxy) is 1. The molecule has 0 spiro atoms. The molecule has 2 aliphatic carbocycles. The first-order valence-corrected chi connectivity index (χ1v) is 13.9. The minimum atomic E-state index is -0.540. The fourth-order valence-corrected chi connectivity index (χ4v) is 8.05. The second-order valence-electron chi connectivity index (χ2n) is 10.6. The summed E-state index contributed by atoms with van der Waals surface area (Å²) in [4.78, 5) is 23.3. The van der Waals surface area contributed by atoms with E-state index in [4.69, 9.17) is 10.5 Å². The molecule has 2 aromatic rings. The Kier molecular flexibility index (Phi) is 6.41. The number of anilines is 3. The van der Waals surface area contributed by atoms with Crippen LogP contribution in [0, 0.1) is 23.6 Å². The molecule has 4 N–H and O–H groups in total. The Labute approximate surface area is 215 Å². The van der Waals surface area contributed by atoms with Crippen LogP contribution in [0.3, 0.4) is 0 Å². The van der Waals surface area contributed by atoms with Crippen molar-refractivity contribution in [1.29, 1.82) is 0 Å². The molecular weight excluding hydrogens is 479 g/mol. The van der Waals surface area contributed by atoms with E-state index in [1.54, 1.807) is 0 Å². The molecule has 36 heavy (non-hydrogen) atoms. The van der Waals surface area contributed by atoms with Gasteiger partial charge in [-0.25, -0.2) is 9.37 Å². The predicted molar refractivity (Wildman–Crippen MR) is 139 cm³/mol. The van der Waals surface area contributed by atoms with Gasteiger partial charge in [0.25, 0.3) is 0 Å². The van der Waals surface area contributed by atoms with Crippen molar-refractivity contribution >= 4 is 35.1 Å². The van der Waals surface area contributed by atoms with E-state index in [2.05, 4.69) is 38.6 Å². The van der Waals surface area contributed by atoms with Crippen LogP contribution >= 0.6 is 11.8 Å². The van der Waals surface area contributed by atoms with E-state index in [9.17, 15) is 9.18 Å². The van der Waals surface area contributed by atoms with Gasteiger partial charge in [-0.15, -0.1) is 0 Å². The molecule has 6 bridgehead atoms. The van der Waals surface area contributed by atoms with Crippen molar-refractivity contribution in [3.05, 3.63) is 35.8 Å². The van der Waals surface area contributed by atoms with E-state index >= 15 is 0 Å². The molecule has 3 heterocycles.